The van der Waals surface area contributed by atoms with Gasteiger partial charge in [-0.2, -0.15) is 0 Å². The van der Waals surface area contributed by atoms with Crippen LogP contribution in [0.4, 0.5) is 4.39 Å². The normalized spacial score (nSPS) is 11.1. The van der Waals surface area contributed by atoms with Gasteiger partial charge in [0.15, 0.2) is 0 Å². The monoisotopic (exact) mass is 301 g/mol. The summed E-state index contributed by atoms with van der Waals surface area (Å²) >= 11 is 3.21. The first-order valence-corrected chi connectivity index (χ1v) is 7.06. The zero-order valence-corrected chi connectivity index (χ0v) is 12.2. The molecule has 0 heterocycles. The van der Waals surface area contributed by atoms with E-state index in [-0.39, 0.29) is 5.82 Å². The third kappa shape index (κ3) is 6.18. The fourth-order valence-electron chi connectivity index (χ4n) is 1.72. The van der Waals surface area contributed by atoms with Crippen molar-refractivity contribution < 1.29 is 4.39 Å². The van der Waals surface area contributed by atoms with Crippen molar-refractivity contribution in [1.29, 1.82) is 0 Å². The summed E-state index contributed by atoms with van der Waals surface area (Å²) in [6.07, 6.45) is 4.62. The minimum absolute atomic E-state index is 0.185. The van der Waals surface area contributed by atoms with Gasteiger partial charge in [0, 0.05) is 6.04 Å². The lowest BCUT2D eigenvalue weighted by Gasteiger charge is -2.07. The van der Waals surface area contributed by atoms with Crippen molar-refractivity contribution in [2.45, 2.75) is 45.6 Å². The van der Waals surface area contributed by atoms with Crippen LogP contribution in [-0.2, 0) is 6.42 Å². The molecule has 17 heavy (non-hydrogen) atoms. The lowest BCUT2D eigenvalue weighted by Crippen LogP contribution is -2.23. The van der Waals surface area contributed by atoms with Gasteiger partial charge < -0.3 is 5.32 Å². The molecule has 1 nitrogen and oxygen atoms in total. The van der Waals surface area contributed by atoms with Crippen LogP contribution >= 0.6 is 15.9 Å². The smallest absolute Gasteiger partial charge is 0.137 e. The lowest BCUT2D eigenvalue weighted by molar-refractivity contribution is 0.548. The molecule has 0 amide bonds. The maximum absolute atomic E-state index is 13.0. The molecule has 1 aromatic carbocycles. The van der Waals surface area contributed by atoms with Crippen molar-refractivity contribution in [3.8, 4) is 0 Å². The molecule has 0 aromatic heterocycles. The van der Waals surface area contributed by atoms with E-state index in [1.54, 1.807) is 0 Å². The molecule has 0 unspecified atom stereocenters. The Kier molecular flexibility index (Phi) is 6.75. The molecular weight excluding hydrogens is 281 g/mol. The fourth-order valence-corrected chi connectivity index (χ4v) is 2.14. The van der Waals surface area contributed by atoms with E-state index >= 15 is 0 Å². The molecule has 0 aliphatic carbocycles. The van der Waals surface area contributed by atoms with Crippen LogP contribution in [0, 0.1) is 5.82 Å². The number of hydrogen-bond donors (Lipinski definition) is 1. The van der Waals surface area contributed by atoms with Gasteiger partial charge in [-0.15, -0.1) is 0 Å². The van der Waals surface area contributed by atoms with Crippen LogP contribution in [0.25, 0.3) is 0 Å². The summed E-state index contributed by atoms with van der Waals surface area (Å²) in [5.74, 6) is -0.185. The van der Waals surface area contributed by atoms with Gasteiger partial charge in [0.05, 0.1) is 4.47 Å². The van der Waals surface area contributed by atoms with Gasteiger partial charge in [0.2, 0.25) is 0 Å². The second-order valence-electron chi connectivity index (χ2n) is 4.67. The molecule has 96 valence electrons. The van der Waals surface area contributed by atoms with Gasteiger partial charge in [-0.3, -0.25) is 0 Å². The summed E-state index contributed by atoms with van der Waals surface area (Å²) in [6.45, 7) is 5.41. The number of unbranched alkanes of at least 4 members (excludes halogenated alkanes) is 2. The Morgan fingerprint density at radius 2 is 2.00 bits per heavy atom. The number of halogens is 2. The standard InChI is InChI=1S/C14H21BrFN/c1-11(2)17-9-5-3-4-6-12-7-8-14(16)13(15)10-12/h7-8,10-11,17H,3-6,9H2,1-2H3. The Morgan fingerprint density at radius 3 is 2.65 bits per heavy atom. The van der Waals surface area contributed by atoms with E-state index in [0.717, 1.165) is 19.4 Å². The number of hydrogen-bond acceptors (Lipinski definition) is 1. The Morgan fingerprint density at radius 1 is 1.24 bits per heavy atom. The average Bonchev–Trinajstić information content (AvgIpc) is 2.27. The highest BCUT2D eigenvalue weighted by atomic mass is 79.9. The zero-order valence-electron chi connectivity index (χ0n) is 10.6. The van der Waals surface area contributed by atoms with Crippen molar-refractivity contribution in [3.05, 3.63) is 34.1 Å². The minimum atomic E-state index is -0.185. The summed E-state index contributed by atoms with van der Waals surface area (Å²) in [4.78, 5) is 0. The Labute approximate surface area is 112 Å². The summed E-state index contributed by atoms with van der Waals surface area (Å²) in [6, 6.07) is 5.84. The lowest BCUT2D eigenvalue weighted by atomic mass is 10.1. The average molecular weight is 302 g/mol. The molecule has 0 spiro atoms. The second-order valence-corrected chi connectivity index (χ2v) is 5.52. The Hall–Kier alpha value is -0.410. The predicted molar refractivity (Wildman–Crippen MR) is 74.8 cm³/mol. The fraction of sp³-hybridized carbons (Fsp3) is 0.571. The van der Waals surface area contributed by atoms with Crippen LogP contribution in [0.15, 0.2) is 22.7 Å². The van der Waals surface area contributed by atoms with Crippen molar-refractivity contribution in [3.63, 3.8) is 0 Å². The molecule has 0 aliphatic heterocycles. The SMILES string of the molecule is CC(C)NCCCCCc1ccc(F)c(Br)c1. The van der Waals surface area contributed by atoms with Gasteiger partial charge in [-0.05, 0) is 59.4 Å². The largest absolute Gasteiger partial charge is 0.315 e. The molecule has 0 bridgehead atoms. The number of benzene rings is 1. The molecule has 0 saturated carbocycles. The maximum atomic E-state index is 13.0. The van der Waals surface area contributed by atoms with Crippen LogP contribution in [0.3, 0.4) is 0 Å². The molecule has 1 aromatic rings. The van der Waals surface area contributed by atoms with Gasteiger partial charge in [-0.1, -0.05) is 26.3 Å². The van der Waals surface area contributed by atoms with Crippen molar-refractivity contribution >= 4 is 15.9 Å². The van der Waals surface area contributed by atoms with E-state index < -0.39 is 0 Å². The molecule has 0 radical (unpaired) electrons. The summed E-state index contributed by atoms with van der Waals surface area (Å²) in [5, 5.41) is 3.40. The van der Waals surface area contributed by atoms with Crippen LogP contribution in [-0.4, -0.2) is 12.6 Å². The van der Waals surface area contributed by atoms with Crippen molar-refractivity contribution in [2.75, 3.05) is 6.54 Å². The van der Waals surface area contributed by atoms with Gasteiger partial charge >= 0.3 is 0 Å². The summed E-state index contributed by atoms with van der Waals surface area (Å²) in [5.41, 5.74) is 1.20. The highest BCUT2D eigenvalue weighted by Gasteiger charge is 2.00. The van der Waals surface area contributed by atoms with E-state index in [2.05, 4.69) is 35.1 Å². The van der Waals surface area contributed by atoms with Crippen molar-refractivity contribution in [2.24, 2.45) is 0 Å². The maximum Gasteiger partial charge on any atom is 0.137 e. The van der Waals surface area contributed by atoms with Gasteiger partial charge in [-0.25, -0.2) is 4.39 Å². The second kappa shape index (κ2) is 7.83. The molecule has 0 fully saturated rings. The molecular formula is C14H21BrFN. The third-order valence-corrected chi connectivity index (χ3v) is 3.29. The van der Waals surface area contributed by atoms with E-state index in [0.29, 0.717) is 10.5 Å². The van der Waals surface area contributed by atoms with E-state index in [1.165, 1.54) is 24.5 Å². The van der Waals surface area contributed by atoms with Gasteiger partial charge in [0.25, 0.3) is 0 Å². The van der Waals surface area contributed by atoms with Gasteiger partial charge in [0.1, 0.15) is 5.82 Å². The summed E-state index contributed by atoms with van der Waals surface area (Å²) < 4.78 is 13.6. The van der Waals surface area contributed by atoms with Crippen LogP contribution in [0.5, 0.6) is 0 Å². The van der Waals surface area contributed by atoms with Crippen LogP contribution < -0.4 is 5.32 Å². The highest BCUT2D eigenvalue weighted by molar-refractivity contribution is 9.10. The summed E-state index contributed by atoms with van der Waals surface area (Å²) in [7, 11) is 0. The first kappa shape index (κ1) is 14.7. The first-order chi connectivity index (χ1) is 8.09. The molecule has 1 rings (SSSR count). The Bertz CT molecular complexity index is 339. The third-order valence-electron chi connectivity index (χ3n) is 2.68. The van der Waals surface area contributed by atoms with Crippen molar-refractivity contribution in [1.82, 2.24) is 5.32 Å². The van der Waals surface area contributed by atoms with Crippen LogP contribution in [0.2, 0.25) is 0 Å². The van der Waals surface area contributed by atoms with E-state index in [1.807, 2.05) is 12.1 Å². The molecule has 1 N–H and O–H groups in total. The molecule has 0 saturated heterocycles. The Balaban J connectivity index is 2.16. The molecule has 0 atom stereocenters. The number of aryl methyl sites for hydroxylation is 1. The van der Waals surface area contributed by atoms with Crippen LogP contribution in [0.1, 0.15) is 38.7 Å². The number of rotatable bonds is 7. The zero-order chi connectivity index (χ0) is 12.7. The molecule has 3 heteroatoms. The minimum Gasteiger partial charge on any atom is -0.315 e. The number of nitrogens with one attached hydrogen (secondary N) is 1. The quantitative estimate of drug-likeness (QED) is 0.741. The van der Waals surface area contributed by atoms with E-state index in [4.69, 9.17) is 0 Å². The highest BCUT2D eigenvalue weighted by Crippen LogP contribution is 2.18. The topological polar surface area (TPSA) is 12.0 Å². The predicted octanol–water partition coefficient (Wildman–Crippen LogP) is 4.30. The first-order valence-electron chi connectivity index (χ1n) is 6.27. The molecule has 0 aliphatic rings. The van der Waals surface area contributed by atoms with E-state index in [9.17, 15) is 4.39 Å².